The van der Waals surface area contributed by atoms with Gasteiger partial charge in [-0.25, -0.2) is 0 Å². The molecular weight excluding hydrogens is 516 g/mol. The van der Waals surface area contributed by atoms with Crippen LogP contribution < -0.4 is 4.90 Å². The molecule has 0 aromatic heterocycles. The SMILES string of the molecule is O=C1/C(=C2/C(=O)N(Cc3ccccc3)c3ccc(Br)cc32)SC(=S)N1CCc1ccccc1. The second-order valence-corrected chi connectivity index (χ2v) is 10.4. The van der Waals surface area contributed by atoms with E-state index in [1.807, 2.05) is 78.9 Å². The van der Waals surface area contributed by atoms with Crippen molar-refractivity contribution in [2.24, 2.45) is 0 Å². The standard InChI is InChI=1S/C26H19BrN2O2S2/c27-19-11-12-21-20(15-19)22(24(30)29(21)16-18-9-5-2-6-10-18)23-25(31)28(26(32)33-23)14-13-17-7-3-1-4-8-17/h1-12,15H,13-14,16H2/b23-22-. The van der Waals surface area contributed by atoms with Crippen molar-refractivity contribution in [2.75, 3.05) is 11.4 Å². The Labute approximate surface area is 210 Å². The average Bonchev–Trinajstić information content (AvgIpc) is 3.25. The first-order valence-electron chi connectivity index (χ1n) is 10.5. The molecule has 2 aliphatic rings. The van der Waals surface area contributed by atoms with Crippen LogP contribution in [0.25, 0.3) is 5.57 Å². The van der Waals surface area contributed by atoms with E-state index in [9.17, 15) is 9.59 Å². The van der Waals surface area contributed by atoms with Crippen molar-refractivity contribution in [1.82, 2.24) is 4.90 Å². The first kappa shape index (κ1) is 22.1. The number of hydrogen-bond donors (Lipinski definition) is 0. The molecule has 3 aromatic rings. The number of halogens is 1. The Morgan fingerprint density at radius 1 is 0.818 bits per heavy atom. The Kier molecular flexibility index (Phi) is 6.19. The van der Waals surface area contributed by atoms with E-state index in [4.69, 9.17) is 12.2 Å². The highest BCUT2D eigenvalue weighted by Crippen LogP contribution is 2.45. The number of nitrogens with zero attached hydrogens (tertiary/aromatic N) is 2. The summed E-state index contributed by atoms with van der Waals surface area (Å²) in [6.45, 7) is 0.921. The van der Waals surface area contributed by atoms with Crippen LogP contribution in [-0.4, -0.2) is 27.6 Å². The molecule has 7 heteroatoms. The maximum atomic E-state index is 13.6. The minimum atomic E-state index is -0.197. The lowest BCUT2D eigenvalue weighted by Crippen LogP contribution is -2.31. The van der Waals surface area contributed by atoms with Crippen molar-refractivity contribution in [3.8, 4) is 0 Å². The minimum Gasteiger partial charge on any atom is -0.303 e. The molecule has 0 spiro atoms. The summed E-state index contributed by atoms with van der Waals surface area (Å²) in [4.78, 5) is 30.8. The van der Waals surface area contributed by atoms with Crippen LogP contribution in [0.15, 0.2) is 88.2 Å². The fraction of sp³-hybridized carbons (Fsp3) is 0.115. The molecule has 3 aromatic carbocycles. The number of amides is 2. The van der Waals surface area contributed by atoms with E-state index >= 15 is 0 Å². The third kappa shape index (κ3) is 4.28. The van der Waals surface area contributed by atoms with Gasteiger partial charge >= 0.3 is 0 Å². The van der Waals surface area contributed by atoms with Crippen molar-refractivity contribution in [3.63, 3.8) is 0 Å². The van der Waals surface area contributed by atoms with Gasteiger partial charge in [0.1, 0.15) is 4.32 Å². The van der Waals surface area contributed by atoms with Crippen LogP contribution in [0.5, 0.6) is 0 Å². The first-order valence-corrected chi connectivity index (χ1v) is 12.5. The van der Waals surface area contributed by atoms with Crippen LogP contribution in [0, 0.1) is 0 Å². The van der Waals surface area contributed by atoms with Crippen molar-refractivity contribution < 1.29 is 9.59 Å². The number of benzene rings is 3. The zero-order valence-electron chi connectivity index (χ0n) is 17.5. The summed E-state index contributed by atoms with van der Waals surface area (Å²) >= 11 is 10.3. The first-order chi connectivity index (χ1) is 16.0. The van der Waals surface area contributed by atoms with Gasteiger partial charge in [0.15, 0.2) is 0 Å². The number of carbonyl (C=O) groups is 2. The van der Waals surface area contributed by atoms with Gasteiger partial charge in [-0.2, -0.15) is 0 Å². The molecule has 4 nitrogen and oxygen atoms in total. The van der Waals surface area contributed by atoms with Crippen LogP contribution in [0.2, 0.25) is 0 Å². The molecule has 1 fully saturated rings. The van der Waals surface area contributed by atoms with Gasteiger partial charge < -0.3 is 4.90 Å². The molecule has 33 heavy (non-hydrogen) atoms. The Balaban J connectivity index is 1.49. The summed E-state index contributed by atoms with van der Waals surface area (Å²) in [5, 5.41) is 0. The van der Waals surface area contributed by atoms with Gasteiger partial charge in [0.2, 0.25) is 0 Å². The third-order valence-corrected chi connectivity index (χ3v) is 7.65. The lowest BCUT2D eigenvalue weighted by atomic mass is 10.1. The second kappa shape index (κ2) is 9.25. The summed E-state index contributed by atoms with van der Waals surface area (Å²) < 4.78 is 1.34. The van der Waals surface area contributed by atoms with E-state index in [1.165, 1.54) is 11.8 Å². The summed E-state index contributed by atoms with van der Waals surface area (Å²) in [7, 11) is 0. The minimum absolute atomic E-state index is 0.171. The van der Waals surface area contributed by atoms with Crippen molar-refractivity contribution in [1.29, 1.82) is 0 Å². The molecule has 2 aliphatic heterocycles. The second-order valence-electron chi connectivity index (χ2n) is 7.80. The largest absolute Gasteiger partial charge is 0.303 e. The van der Waals surface area contributed by atoms with E-state index in [2.05, 4.69) is 15.9 Å². The monoisotopic (exact) mass is 534 g/mol. The Bertz CT molecular complexity index is 1290. The van der Waals surface area contributed by atoms with Crippen LogP contribution >= 0.6 is 39.9 Å². The van der Waals surface area contributed by atoms with Crippen LogP contribution in [0.1, 0.15) is 16.7 Å². The van der Waals surface area contributed by atoms with Crippen LogP contribution in [0.4, 0.5) is 5.69 Å². The van der Waals surface area contributed by atoms with Crippen molar-refractivity contribution >= 4 is 67.3 Å². The molecule has 0 bridgehead atoms. The van der Waals surface area contributed by atoms with E-state index < -0.39 is 0 Å². The van der Waals surface area contributed by atoms with Gasteiger partial charge in [0, 0.05) is 16.6 Å². The molecule has 0 saturated carbocycles. The Morgan fingerprint density at radius 2 is 1.48 bits per heavy atom. The van der Waals surface area contributed by atoms with Crippen LogP contribution in [-0.2, 0) is 22.6 Å². The Morgan fingerprint density at radius 3 is 2.18 bits per heavy atom. The molecular formula is C26H19BrN2O2S2. The molecule has 164 valence electrons. The van der Waals surface area contributed by atoms with Gasteiger partial charge in [0.25, 0.3) is 11.8 Å². The van der Waals surface area contributed by atoms with E-state index in [0.29, 0.717) is 34.3 Å². The maximum absolute atomic E-state index is 13.6. The zero-order chi connectivity index (χ0) is 22.9. The summed E-state index contributed by atoms with van der Waals surface area (Å²) in [6, 6.07) is 25.6. The highest BCUT2D eigenvalue weighted by atomic mass is 79.9. The molecule has 0 radical (unpaired) electrons. The highest BCUT2D eigenvalue weighted by molar-refractivity contribution is 9.10. The quantitative estimate of drug-likeness (QED) is 0.306. The summed E-state index contributed by atoms with van der Waals surface area (Å²) in [5.74, 6) is -0.368. The predicted octanol–water partition coefficient (Wildman–Crippen LogP) is 5.81. The lowest BCUT2D eigenvalue weighted by Gasteiger charge is -2.17. The Hall–Kier alpha value is -2.74. The number of fused-ring (bicyclic) bond motifs is 1. The fourth-order valence-electron chi connectivity index (χ4n) is 4.07. The predicted molar refractivity (Wildman–Crippen MR) is 141 cm³/mol. The van der Waals surface area contributed by atoms with Gasteiger partial charge in [-0.1, -0.05) is 101 Å². The topological polar surface area (TPSA) is 40.6 Å². The number of rotatable bonds is 5. The third-order valence-electron chi connectivity index (χ3n) is 5.70. The van der Waals surface area contributed by atoms with E-state index in [0.717, 1.165) is 26.9 Å². The summed E-state index contributed by atoms with van der Waals surface area (Å²) in [5.41, 5.74) is 4.16. The molecule has 0 aliphatic carbocycles. The molecule has 0 N–H and O–H groups in total. The van der Waals surface area contributed by atoms with Gasteiger partial charge in [-0.3, -0.25) is 14.5 Å². The van der Waals surface area contributed by atoms with E-state index in [-0.39, 0.29) is 11.8 Å². The van der Waals surface area contributed by atoms with E-state index in [1.54, 1.807) is 9.80 Å². The number of hydrogen-bond acceptors (Lipinski definition) is 4. The smallest absolute Gasteiger partial charge is 0.267 e. The molecule has 0 atom stereocenters. The van der Waals surface area contributed by atoms with Crippen molar-refractivity contribution in [2.45, 2.75) is 13.0 Å². The number of carbonyl (C=O) groups excluding carboxylic acids is 2. The van der Waals surface area contributed by atoms with Gasteiger partial charge in [-0.05, 0) is 35.7 Å². The molecule has 2 amide bonds. The fourth-order valence-corrected chi connectivity index (χ4v) is 5.81. The van der Waals surface area contributed by atoms with Gasteiger partial charge in [0.05, 0.1) is 22.7 Å². The number of thioether (sulfide) groups is 1. The normalized spacial score (nSPS) is 17.8. The molecule has 0 unspecified atom stereocenters. The molecule has 2 heterocycles. The zero-order valence-corrected chi connectivity index (χ0v) is 20.8. The van der Waals surface area contributed by atoms with Crippen molar-refractivity contribution in [3.05, 3.63) is 105 Å². The molecule has 1 saturated heterocycles. The number of anilines is 1. The maximum Gasteiger partial charge on any atom is 0.267 e. The molecule has 5 rings (SSSR count). The van der Waals surface area contributed by atoms with Crippen LogP contribution in [0.3, 0.4) is 0 Å². The number of thiocarbonyl (C=S) groups is 1. The highest BCUT2D eigenvalue weighted by Gasteiger charge is 2.42. The average molecular weight is 535 g/mol. The lowest BCUT2D eigenvalue weighted by molar-refractivity contribution is -0.122. The summed E-state index contributed by atoms with van der Waals surface area (Å²) in [6.07, 6.45) is 0.701. The van der Waals surface area contributed by atoms with Gasteiger partial charge in [-0.15, -0.1) is 0 Å².